The van der Waals surface area contributed by atoms with Gasteiger partial charge in [-0.1, -0.05) is 30.3 Å². The first-order chi connectivity index (χ1) is 17.6. The second-order valence-corrected chi connectivity index (χ2v) is 9.62. The fourth-order valence-corrected chi connectivity index (χ4v) is 5.17. The summed E-state index contributed by atoms with van der Waals surface area (Å²) in [5.41, 5.74) is 2.97. The van der Waals surface area contributed by atoms with Gasteiger partial charge in [0.25, 0.3) is 0 Å². The summed E-state index contributed by atoms with van der Waals surface area (Å²) in [6.07, 6.45) is 1.92. The van der Waals surface area contributed by atoms with Crippen LogP contribution < -0.4 is 15.0 Å². The fraction of sp³-hybridized carbons (Fsp3) is 0.538. The van der Waals surface area contributed by atoms with E-state index in [1.807, 2.05) is 30.3 Å². The van der Waals surface area contributed by atoms with Crippen molar-refractivity contribution < 1.29 is 14.3 Å². The third kappa shape index (κ3) is 5.37. The maximum absolute atomic E-state index is 12.9. The van der Waals surface area contributed by atoms with Gasteiger partial charge in [-0.15, -0.1) is 0 Å². The summed E-state index contributed by atoms with van der Waals surface area (Å²) in [6.45, 7) is 12.5. The molecule has 5 rings (SSSR count). The number of carbonyl (C=O) groups excluding carboxylic acids is 1. The lowest BCUT2D eigenvalue weighted by molar-refractivity contribution is 0.0788. The highest BCUT2D eigenvalue weighted by Gasteiger charge is 2.36. The number of aromatic nitrogens is 2. The monoisotopic (exact) mass is 491 g/mol. The van der Waals surface area contributed by atoms with Gasteiger partial charge in [0.1, 0.15) is 25.1 Å². The third-order valence-corrected chi connectivity index (χ3v) is 7.24. The number of hydrogen-bond donors (Lipinski definition) is 1. The van der Waals surface area contributed by atoms with Crippen molar-refractivity contribution in [3.8, 4) is 6.01 Å². The molecule has 0 aliphatic carbocycles. The first kappa shape index (κ1) is 24.3. The number of piperazine rings is 1. The van der Waals surface area contributed by atoms with E-state index in [9.17, 15) is 4.79 Å². The zero-order chi connectivity index (χ0) is 24.9. The first-order valence-corrected chi connectivity index (χ1v) is 12.6. The molecule has 3 aliphatic heterocycles. The van der Waals surface area contributed by atoms with Crippen molar-refractivity contribution in [3.05, 3.63) is 58.6 Å². The maximum Gasteiger partial charge on any atom is 0.410 e. The standard InChI is InChI=1S/C26H33N7O3/c1-27-13-21-16-32(11-12-33(21)26(34)36-17-19-7-4-3-5-8-19)24-22-14-28-15-23(22)29-25(30-24)35-18-20-9-6-10-31(20)2/h3-5,7-8,20-21,28H,6,9-18H2,2H3. The van der Waals surface area contributed by atoms with Crippen LogP contribution >= 0.6 is 0 Å². The molecular formula is C26H33N7O3. The van der Waals surface area contributed by atoms with Gasteiger partial charge >= 0.3 is 12.1 Å². The van der Waals surface area contributed by atoms with Crippen LogP contribution in [0.1, 0.15) is 29.7 Å². The van der Waals surface area contributed by atoms with Gasteiger partial charge < -0.3 is 29.4 Å². The van der Waals surface area contributed by atoms with Gasteiger partial charge in [0, 0.05) is 44.3 Å². The Morgan fingerprint density at radius 2 is 2.03 bits per heavy atom. The molecule has 0 spiro atoms. The minimum Gasteiger partial charge on any atom is -0.462 e. The third-order valence-electron chi connectivity index (χ3n) is 7.24. The number of anilines is 1. The molecule has 2 fully saturated rings. The van der Waals surface area contributed by atoms with Crippen LogP contribution in [0.5, 0.6) is 6.01 Å². The van der Waals surface area contributed by atoms with Crippen molar-refractivity contribution in [2.45, 2.75) is 44.6 Å². The van der Waals surface area contributed by atoms with Crippen LogP contribution in [0.4, 0.5) is 10.6 Å². The number of likely N-dealkylation sites (N-methyl/N-ethyl adjacent to an activating group) is 1. The normalized spacial score (nSPS) is 21.8. The Kier molecular flexibility index (Phi) is 7.49. The highest BCUT2D eigenvalue weighted by molar-refractivity contribution is 5.69. The summed E-state index contributed by atoms with van der Waals surface area (Å²) in [6, 6.07) is 10.1. The van der Waals surface area contributed by atoms with Gasteiger partial charge in [0.2, 0.25) is 6.54 Å². The van der Waals surface area contributed by atoms with Gasteiger partial charge in [-0.3, -0.25) is 4.90 Å². The average Bonchev–Trinajstić information content (AvgIpc) is 3.55. The lowest BCUT2D eigenvalue weighted by Gasteiger charge is -2.39. The zero-order valence-corrected chi connectivity index (χ0v) is 20.7. The lowest BCUT2D eigenvalue weighted by Crippen LogP contribution is -2.56. The van der Waals surface area contributed by atoms with Crippen molar-refractivity contribution in [2.75, 3.05) is 51.3 Å². The van der Waals surface area contributed by atoms with Crippen LogP contribution in [0, 0.1) is 6.57 Å². The molecule has 190 valence electrons. The molecule has 3 aliphatic rings. The van der Waals surface area contributed by atoms with Gasteiger partial charge in [-0.25, -0.2) is 11.4 Å². The van der Waals surface area contributed by atoms with Crippen molar-refractivity contribution in [1.29, 1.82) is 0 Å². The molecule has 36 heavy (non-hydrogen) atoms. The highest BCUT2D eigenvalue weighted by atomic mass is 16.6. The smallest absolute Gasteiger partial charge is 0.410 e. The predicted octanol–water partition coefficient (Wildman–Crippen LogP) is 2.30. The number of likely N-dealkylation sites (tertiary alicyclic amines) is 1. The molecule has 1 amide bonds. The van der Waals surface area contributed by atoms with Crippen LogP contribution in [0.25, 0.3) is 4.85 Å². The van der Waals surface area contributed by atoms with Crippen molar-refractivity contribution in [1.82, 2.24) is 25.1 Å². The number of benzene rings is 1. The van der Waals surface area contributed by atoms with E-state index in [0.29, 0.717) is 51.4 Å². The molecule has 0 bridgehead atoms. The number of amides is 1. The summed E-state index contributed by atoms with van der Waals surface area (Å²) >= 11 is 0. The molecule has 1 aromatic carbocycles. The van der Waals surface area contributed by atoms with Crippen molar-refractivity contribution in [2.24, 2.45) is 0 Å². The molecule has 1 N–H and O–H groups in total. The quantitative estimate of drug-likeness (QED) is 0.591. The van der Waals surface area contributed by atoms with E-state index in [1.54, 1.807) is 4.90 Å². The Hall–Kier alpha value is -3.42. The van der Waals surface area contributed by atoms with Gasteiger partial charge in [0.15, 0.2) is 0 Å². The molecule has 10 heteroatoms. The number of nitrogens with one attached hydrogen (secondary N) is 1. The van der Waals surface area contributed by atoms with Crippen LogP contribution in [-0.2, 0) is 24.4 Å². The Morgan fingerprint density at radius 3 is 2.81 bits per heavy atom. The fourth-order valence-electron chi connectivity index (χ4n) is 5.17. The Bertz CT molecular complexity index is 1110. The first-order valence-electron chi connectivity index (χ1n) is 12.6. The summed E-state index contributed by atoms with van der Waals surface area (Å²) in [4.78, 5) is 32.2. The number of hydrogen-bond acceptors (Lipinski definition) is 8. The van der Waals surface area contributed by atoms with Crippen LogP contribution in [0.15, 0.2) is 30.3 Å². The van der Waals surface area contributed by atoms with Crippen LogP contribution in [0.2, 0.25) is 0 Å². The van der Waals surface area contributed by atoms with E-state index < -0.39 is 0 Å². The second-order valence-electron chi connectivity index (χ2n) is 9.62. The number of ether oxygens (including phenoxy) is 2. The number of rotatable bonds is 7. The summed E-state index contributed by atoms with van der Waals surface area (Å²) < 4.78 is 11.6. The molecule has 10 nitrogen and oxygen atoms in total. The molecule has 4 heterocycles. The largest absolute Gasteiger partial charge is 0.462 e. The topological polar surface area (TPSA) is 87.4 Å². The lowest BCUT2D eigenvalue weighted by atomic mass is 10.1. The average molecular weight is 492 g/mol. The molecular weight excluding hydrogens is 458 g/mol. The van der Waals surface area contributed by atoms with Crippen LogP contribution in [0.3, 0.4) is 0 Å². The molecule has 0 radical (unpaired) electrons. The second kappa shape index (κ2) is 11.1. The summed E-state index contributed by atoms with van der Waals surface area (Å²) in [5, 5.41) is 3.37. The molecule has 2 aromatic rings. The Labute approximate surface area is 212 Å². The number of carbonyl (C=O) groups is 1. The highest BCUT2D eigenvalue weighted by Crippen LogP contribution is 2.29. The molecule has 1 aromatic heterocycles. The number of nitrogens with zero attached hydrogens (tertiary/aromatic N) is 6. The SMILES string of the molecule is [C-]#[N+]CC1CN(c2nc(OCC3CCCN3C)nc3c2CNC3)CCN1C(=O)OCc1ccccc1. The van der Waals surface area contributed by atoms with E-state index in [1.165, 1.54) is 6.42 Å². The van der Waals surface area contributed by atoms with E-state index in [0.717, 1.165) is 35.6 Å². The van der Waals surface area contributed by atoms with E-state index in [4.69, 9.17) is 21.0 Å². The minimum atomic E-state index is -0.383. The molecule has 2 unspecified atom stereocenters. The summed E-state index contributed by atoms with van der Waals surface area (Å²) in [7, 11) is 2.13. The van der Waals surface area contributed by atoms with E-state index in [2.05, 4.69) is 32.0 Å². The zero-order valence-electron chi connectivity index (χ0n) is 20.7. The summed E-state index contributed by atoms with van der Waals surface area (Å²) in [5.74, 6) is 0.840. The predicted molar refractivity (Wildman–Crippen MR) is 135 cm³/mol. The van der Waals surface area contributed by atoms with Crippen LogP contribution in [-0.4, -0.2) is 84.3 Å². The van der Waals surface area contributed by atoms with Crippen molar-refractivity contribution >= 4 is 11.9 Å². The van der Waals surface area contributed by atoms with E-state index in [-0.39, 0.29) is 25.3 Å². The molecule has 0 saturated carbocycles. The van der Waals surface area contributed by atoms with Gasteiger partial charge in [-0.2, -0.15) is 9.97 Å². The maximum atomic E-state index is 12.9. The van der Waals surface area contributed by atoms with Gasteiger partial charge in [0.05, 0.1) is 5.69 Å². The van der Waals surface area contributed by atoms with E-state index >= 15 is 0 Å². The van der Waals surface area contributed by atoms with Gasteiger partial charge in [-0.05, 0) is 32.0 Å². The molecule has 2 atom stereocenters. The Balaban J connectivity index is 1.28. The van der Waals surface area contributed by atoms with Crippen molar-refractivity contribution in [3.63, 3.8) is 0 Å². The minimum absolute atomic E-state index is 0.208. The number of fused-ring (bicyclic) bond motifs is 1. The Morgan fingerprint density at radius 1 is 1.17 bits per heavy atom. The molecule has 2 saturated heterocycles.